The van der Waals surface area contributed by atoms with E-state index >= 15 is 0 Å². The second-order valence-electron chi connectivity index (χ2n) is 6.36. The molecule has 0 aliphatic carbocycles. The summed E-state index contributed by atoms with van der Waals surface area (Å²) in [6, 6.07) is 1.91. The second kappa shape index (κ2) is 7.43. The van der Waals surface area contributed by atoms with Crippen molar-refractivity contribution in [3.8, 4) is 0 Å². The van der Waals surface area contributed by atoms with Crippen molar-refractivity contribution in [3.63, 3.8) is 0 Å². The molecule has 114 valence electrons. The first kappa shape index (κ1) is 16.7. The van der Waals surface area contributed by atoms with Gasteiger partial charge in [-0.05, 0) is 5.92 Å². The molecule has 0 aromatic carbocycles. The first-order valence-corrected chi connectivity index (χ1v) is 7.22. The Labute approximate surface area is 122 Å². The van der Waals surface area contributed by atoms with Crippen LogP contribution in [0.1, 0.15) is 40.4 Å². The first-order valence-electron chi connectivity index (χ1n) is 7.22. The third-order valence-electron chi connectivity index (χ3n) is 2.66. The summed E-state index contributed by atoms with van der Waals surface area (Å²) >= 11 is 0. The number of aromatic nitrogens is 2. The molecule has 0 fully saturated rings. The van der Waals surface area contributed by atoms with Gasteiger partial charge in [-0.1, -0.05) is 34.6 Å². The average molecular weight is 280 g/mol. The Morgan fingerprint density at radius 3 is 2.40 bits per heavy atom. The molecule has 5 nitrogen and oxygen atoms in total. The fourth-order valence-electron chi connectivity index (χ4n) is 1.57. The standard InChI is InChI=1S/C15H28N4O/c1-11(2)10-20-8-7-17-13-9-12(16-6)18-14(19-13)15(3,4)5/h9,11H,7-8,10H2,1-6H3,(H2,16,17,18,19). The third-order valence-corrected chi connectivity index (χ3v) is 2.66. The van der Waals surface area contributed by atoms with Crippen LogP contribution in [0.15, 0.2) is 6.07 Å². The lowest BCUT2D eigenvalue weighted by Crippen LogP contribution is -2.19. The molecule has 0 saturated carbocycles. The van der Waals surface area contributed by atoms with Crippen LogP contribution in [0.4, 0.5) is 11.6 Å². The van der Waals surface area contributed by atoms with Crippen LogP contribution < -0.4 is 10.6 Å². The molecule has 0 radical (unpaired) electrons. The summed E-state index contributed by atoms with van der Waals surface area (Å²) in [6.45, 7) is 12.8. The molecule has 1 aromatic heterocycles. The number of nitrogens with one attached hydrogen (secondary N) is 2. The number of nitrogens with zero attached hydrogens (tertiary/aromatic N) is 2. The number of hydrogen-bond donors (Lipinski definition) is 2. The molecule has 0 saturated heterocycles. The van der Waals surface area contributed by atoms with E-state index in [0.717, 1.165) is 30.6 Å². The Morgan fingerprint density at radius 1 is 1.20 bits per heavy atom. The summed E-state index contributed by atoms with van der Waals surface area (Å²) in [6.07, 6.45) is 0. The minimum Gasteiger partial charge on any atom is -0.379 e. The highest BCUT2D eigenvalue weighted by molar-refractivity contribution is 5.47. The van der Waals surface area contributed by atoms with Gasteiger partial charge in [0.2, 0.25) is 0 Å². The van der Waals surface area contributed by atoms with E-state index in [-0.39, 0.29) is 5.41 Å². The normalized spacial score (nSPS) is 11.8. The fourth-order valence-corrected chi connectivity index (χ4v) is 1.57. The van der Waals surface area contributed by atoms with Gasteiger partial charge in [-0.2, -0.15) is 0 Å². The van der Waals surface area contributed by atoms with E-state index in [1.807, 2.05) is 13.1 Å². The summed E-state index contributed by atoms with van der Waals surface area (Å²) in [7, 11) is 1.87. The minimum absolute atomic E-state index is 0.0720. The summed E-state index contributed by atoms with van der Waals surface area (Å²) in [5.74, 6) is 3.06. The Hall–Kier alpha value is -1.36. The molecular weight excluding hydrogens is 252 g/mol. The molecule has 0 amide bonds. The lowest BCUT2D eigenvalue weighted by Gasteiger charge is -2.19. The lowest BCUT2D eigenvalue weighted by molar-refractivity contribution is 0.118. The Kier molecular flexibility index (Phi) is 6.20. The van der Waals surface area contributed by atoms with Crippen molar-refractivity contribution in [1.82, 2.24) is 9.97 Å². The molecule has 0 aliphatic rings. The highest BCUT2D eigenvalue weighted by Crippen LogP contribution is 2.21. The van der Waals surface area contributed by atoms with Crippen LogP contribution in [0.5, 0.6) is 0 Å². The smallest absolute Gasteiger partial charge is 0.138 e. The molecule has 0 aliphatic heterocycles. The summed E-state index contributed by atoms with van der Waals surface area (Å²) in [4.78, 5) is 9.06. The van der Waals surface area contributed by atoms with Crippen LogP contribution in [-0.2, 0) is 10.2 Å². The Balaban J connectivity index is 2.61. The van der Waals surface area contributed by atoms with E-state index < -0.39 is 0 Å². The van der Waals surface area contributed by atoms with Crippen molar-refractivity contribution in [1.29, 1.82) is 0 Å². The molecule has 0 atom stereocenters. The molecule has 5 heteroatoms. The van der Waals surface area contributed by atoms with E-state index in [4.69, 9.17) is 4.74 Å². The second-order valence-corrected chi connectivity index (χ2v) is 6.36. The SMILES string of the molecule is CNc1cc(NCCOCC(C)C)nc(C(C)(C)C)n1. The number of ether oxygens (including phenoxy) is 1. The average Bonchev–Trinajstić information content (AvgIpc) is 2.36. The van der Waals surface area contributed by atoms with E-state index in [1.54, 1.807) is 0 Å². The monoisotopic (exact) mass is 280 g/mol. The predicted molar refractivity (Wildman–Crippen MR) is 84.4 cm³/mol. The van der Waals surface area contributed by atoms with Crippen molar-refractivity contribution in [3.05, 3.63) is 11.9 Å². The lowest BCUT2D eigenvalue weighted by atomic mass is 9.96. The van der Waals surface area contributed by atoms with Crippen molar-refractivity contribution in [2.24, 2.45) is 5.92 Å². The molecule has 2 N–H and O–H groups in total. The Morgan fingerprint density at radius 2 is 1.85 bits per heavy atom. The Bertz CT molecular complexity index is 413. The quantitative estimate of drug-likeness (QED) is 0.752. The van der Waals surface area contributed by atoms with Crippen molar-refractivity contribution in [2.45, 2.75) is 40.0 Å². The van der Waals surface area contributed by atoms with Crippen LogP contribution in [0.25, 0.3) is 0 Å². The minimum atomic E-state index is -0.0720. The largest absolute Gasteiger partial charge is 0.379 e. The molecule has 0 spiro atoms. The van der Waals surface area contributed by atoms with E-state index in [1.165, 1.54) is 0 Å². The zero-order valence-electron chi connectivity index (χ0n) is 13.6. The van der Waals surface area contributed by atoms with E-state index in [0.29, 0.717) is 12.5 Å². The van der Waals surface area contributed by atoms with E-state index in [9.17, 15) is 0 Å². The van der Waals surface area contributed by atoms with Gasteiger partial charge in [0.15, 0.2) is 0 Å². The summed E-state index contributed by atoms with van der Waals surface area (Å²) in [5.41, 5.74) is -0.0720. The maximum absolute atomic E-state index is 5.55. The highest BCUT2D eigenvalue weighted by atomic mass is 16.5. The first-order chi connectivity index (χ1) is 9.32. The fraction of sp³-hybridized carbons (Fsp3) is 0.733. The summed E-state index contributed by atoms with van der Waals surface area (Å²) in [5, 5.41) is 6.36. The van der Waals surface area contributed by atoms with Gasteiger partial charge in [0.1, 0.15) is 17.5 Å². The van der Waals surface area contributed by atoms with E-state index in [2.05, 4.69) is 55.2 Å². The van der Waals surface area contributed by atoms with Crippen LogP contribution >= 0.6 is 0 Å². The molecule has 1 aromatic rings. The van der Waals surface area contributed by atoms with Crippen LogP contribution in [-0.4, -0.2) is 36.8 Å². The highest BCUT2D eigenvalue weighted by Gasteiger charge is 2.18. The van der Waals surface area contributed by atoms with Crippen LogP contribution in [0.3, 0.4) is 0 Å². The van der Waals surface area contributed by atoms with Gasteiger partial charge in [0.25, 0.3) is 0 Å². The van der Waals surface area contributed by atoms with Gasteiger partial charge < -0.3 is 15.4 Å². The zero-order valence-corrected chi connectivity index (χ0v) is 13.6. The molecule has 20 heavy (non-hydrogen) atoms. The van der Waals surface area contributed by atoms with Gasteiger partial charge in [-0.15, -0.1) is 0 Å². The summed E-state index contributed by atoms with van der Waals surface area (Å²) < 4.78 is 5.55. The maximum Gasteiger partial charge on any atom is 0.138 e. The third kappa shape index (κ3) is 5.74. The predicted octanol–water partition coefficient (Wildman–Crippen LogP) is 2.90. The van der Waals surface area contributed by atoms with Crippen LogP contribution in [0.2, 0.25) is 0 Å². The van der Waals surface area contributed by atoms with Gasteiger partial charge in [0.05, 0.1) is 6.61 Å². The molecule has 1 rings (SSSR count). The van der Waals surface area contributed by atoms with Crippen molar-refractivity contribution < 1.29 is 4.74 Å². The molecule has 0 bridgehead atoms. The maximum atomic E-state index is 5.55. The number of rotatable bonds is 7. The topological polar surface area (TPSA) is 59.1 Å². The van der Waals surface area contributed by atoms with Gasteiger partial charge in [0, 0.05) is 31.7 Å². The molecule has 0 unspecified atom stereocenters. The van der Waals surface area contributed by atoms with Crippen LogP contribution in [0, 0.1) is 5.92 Å². The molecular formula is C15H28N4O. The molecule has 1 heterocycles. The van der Waals surface area contributed by atoms with Crippen molar-refractivity contribution >= 4 is 11.6 Å². The zero-order chi connectivity index (χ0) is 15.2. The van der Waals surface area contributed by atoms with Gasteiger partial charge in [-0.25, -0.2) is 9.97 Å². The van der Waals surface area contributed by atoms with Gasteiger partial charge >= 0.3 is 0 Å². The van der Waals surface area contributed by atoms with Crippen molar-refractivity contribution in [2.75, 3.05) is 37.4 Å². The number of anilines is 2. The number of hydrogen-bond acceptors (Lipinski definition) is 5. The van der Waals surface area contributed by atoms with Gasteiger partial charge in [-0.3, -0.25) is 0 Å².